The molecule has 0 aromatic carbocycles. The van der Waals surface area contributed by atoms with Crippen LogP contribution in [0.2, 0.25) is 0 Å². The summed E-state index contributed by atoms with van der Waals surface area (Å²) in [5, 5.41) is 34.1. The lowest BCUT2D eigenvalue weighted by atomic mass is 10.1. The highest BCUT2D eigenvalue weighted by Gasteiger charge is 2.22. The molecule has 0 saturated heterocycles. The van der Waals surface area contributed by atoms with Gasteiger partial charge in [0.25, 0.3) is 0 Å². The second-order valence-electron chi connectivity index (χ2n) is 1.87. The average molecular weight is 187 g/mol. The van der Waals surface area contributed by atoms with E-state index in [2.05, 4.69) is 0 Å². The minimum absolute atomic E-state index is 0. The van der Waals surface area contributed by atoms with Crippen molar-refractivity contribution in [2.24, 2.45) is 0 Å². The van der Waals surface area contributed by atoms with Gasteiger partial charge in [-0.2, -0.15) is 0 Å². The van der Waals surface area contributed by atoms with Crippen molar-refractivity contribution >= 4 is 18.7 Å². The Morgan fingerprint density at radius 3 is 2.00 bits per heavy atom. The Kier molecular flexibility index (Phi) is 7.92. The standard InChI is InChI=1S/C5H10O5.ClH/c6-1-3(8)5(10)4(9)2-7;/h1,3-5,7-10H,2H2;1H/t3-,4+,5+;/m0./s1. The van der Waals surface area contributed by atoms with E-state index >= 15 is 0 Å². The van der Waals surface area contributed by atoms with Gasteiger partial charge in [0.05, 0.1) is 6.61 Å². The molecule has 0 aromatic rings. The number of carbonyl (C=O) groups excluding carboxylic acids is 1. The Morgan fingerprint density at radius 2 is 1.73 bits per heavy atom. The Balaban J connectivity index is 0. The van der Waals surface area contributed by atoms with Gasteiger partial charge in [0.15, 0.2) is 6.29 Å². The lowest BCUT2D eigenvalue weighted by molar-refractivity contribution is -0.127. The third-order valence-corrected chi connectivity index (χ3v) is 1.07. The Labute approximate surface area is 69.7 Å². The molecule has 0 heterocycles. The van der Waals surface area contributed by atoms with Gasteiger partial charge in [-0.05, 0) is 0 Å². The minimum Gasteiger partial charge on any atom is -0.394 e. The quantitative estimate of drug-likeness (QED) is 0.370. The van der Waals surface area contributed by atoms with Crippen LogP contribution in [0.5, 0.6) is 0 Å². The molecule has 0 unspecified atom stereocenters. The van der Waals surface area contributed by atoms with E-state index in [0.29, 0.717) is 0 Å². The van der Waals surface area contributed by atoms with Crippen molar-refractivity contribution in [3.8, 4) is 0 Å². The topological polar surface area (TPSA) is 98.0 Å². The van der Waals surface area contributed by atoms with Gasteiger partial charge in [0, 0.05) is 0 Å². The molecule has 0 radical (unpaired) electrons. The molecule has 0 aliphatic rings. The SMILES string of the molecule is Cl.O=C[C@H](O)[C@@H](O)[C@H](O)CO. The van der Waals surface area contributed by atoms with Crippen molar-refractivity contribution in [2.75, 3.05) is 6.61 Å². The van der Waals surface area contributed by atoms with Gasteiger partial charge < -0.3 is 25.2 Å². The summed E-state index contributed by atoms with van der Waals surface area (Å²) in [6, 6.07) is 0. The van der Waals surface area contributed by atoms with E-state index in [1.807, 2.05) is 0 Å². The van der Waals surface area contributed by atoms with E-state index in [9.17, 15) is 4.79 Å². The number of halogens is 1. The first-order chi connectivity index (χ1) is 4.63. The molecule has 3 atom stereocenters. The smallest absolute Gasteiger partial charge is 0.151 e. The Bertz CT molecular complexity index is 109. The zero-order valence-corrected chi connectivity index (χ0v) is 6.44. The van der Waals surface area contributed by atoms with E-state index < -0.39 is 24.9 Å². The lowest BCUT2D eigenvalue weighted by Gasteiger charge is -2.16. The largest absolute Gasteiger partial charge is 0.394 e. The maximum Gasteiger partial charge on any atom is 0.151 e. The molecule has 0 bridgehead atoms. The van der Waals surface area contributed by atoms with Crippen LogP contribution in [0.15, 0.2) is 0 Å². The van der Waals surface area contributed by atoms with Crippen LogP contribution in [0.4, 0.5) is 0 Å². The fourth-order valence-corrected chi connectivity index (χ4v) is 0.416. The van der Waals surface area contributed by atoms with Crippen molar-refractivity contribution in [1.29, 1.82) is 0 Å². The van der Waals surface area contributed by atoms with Gasteiger partial charge in [-0.1, -0.05) is 0 Å². The summed E-state index contributed by atoms with van der Waals surface area (Å²) in [7, 11) is 0. The fourth-order valence-electron chi connectivity index (χ4n) is 0.416. The molecule has 11 heavy (non-hydrogen) atoms. The van der Waals surface area contributed by atoms with Gasteiger partial charge in [0.1, 0.15) is 18.3 Å². The zero-order valence-electron chi connectivity index (χ0n) is 5.62. The summed E-state index contributed by atoms with van der Waals surface area (Å²) in [5.74, 6) is 0. The van der Waals surface area contributed by atoms with Gasteiger partial charge >= 0.3 is 0 Å². The van der Waals surface area contributed by atoms with Gasteiger partial charge in [-0.25, -0.2) is 0 Å². The molecule has 0 aliphatic carbocycles. The maximum absolute atomic E-state index is 9.76. The number of hydrogen-bond donors (Lipinski definition) is 4. The van der Waals surface area contributed by atoms with E-state index in [1.165, 1.54) is 0 Å². The summed E-state index contributed by atoms with van der Waals surface area (Å²) in [6.07, 6.45) is -4.63. The number of rotatable bonds is 4. The summed E-state index contributed by atoms with van der Waals surface area (Å²) in [5.41, 5.74) is 0. The highest BCUT2D eigenvalue weighted by Crippen LogP contribution is 1.96. The molecule has 6 heteroatoms. The number of aliphatic hydroxyl groups excluding tert-OH is 4. The molecular formula is C5H11ClO5. The van der Waals surface area contributed by atoms with Crippen molar-refractivity contribution in [3.05, 3.63) is 0 Å². The maximum atomic E-state index is 9.76. The van der Waals surface area contributed by atoms with Crippen LogP contribution in [-0.2, 0) is 4.79 Å². The molecule has 5 nitrogen and oxygen atoms in total. The normalized spacial score (nSPS) is 17.8. The molecular weight excluding hydrogens is 176 g/mol. The number of aliphatic hydroxyl groups is 4. The molecule has 0 aliphatic heterocycles. The van der Waals surface area contributed by atoms with E-state index in [0.717, 1.165) is 0 Å². The summed E-state index contributed by atoms with van der Waals surface area (Å²) in [4.78, 5) is 9.76. The second kappa shape index (κ2) is 6.51. The van der Waals surface area contributed by atoms with Crippen LogP contribution in [0.3, 0.4) is 0 Å². The molecule has 0 spiro atoms. The molecule has 0 saturated carbocycles. The van der Waals surface area contributed by atoms with Crippen molar-refractivity contribution in [3.63, 3.8) is 0 Å². The van der Waals surface area contributed by atoms with E-state index in [-0.39, 0.29) is 18.7 Å². The van der Waals surface area contributed by atoms with E-state index in [4.69, 9.17) is 20.4 Å². The summed E-state index contributed by atoms with van der Waals surface area (Å²) < 4.78 is 0. The van der Waals surface area contributed by atoms with Crippen molar-refractivity contribution < 1.29 is 25.2 Å². The van der Waals surface area contributed by atoms with Crippen LogP contribution < -0.4 is 0 Å². The van der Waals surface area contributed by atoms with Crippen LogP contribution >= 0.6 is 12.4 Å². The number of hydrogen-bond acceptors (Lipinski definition) is 5. The van der Waals surface area contributed by atoms with E-state index in [1.54, 1.807) is 0 Å². The summed E-state index contributed by atoms with van der Waals surface area (Å²) in [6.45, 7) is -0.688. The Morgan fingerprint density at radius 1 is 1.27 bits per heavy atom. The average Bonchev–Trinajstić information content (AvgIpc) is 2.00. The fraction of sp³-hybridized carbons (Fsp3) is 0.800. The first-order valence-electron chi connectivity index (χ1n) is 2.73. The predicted octanol–water partition coefficient (Wildman–Crippen LogP) is -2.32. The Hall–Kier alpha value is -0.200. The van der Waals surface area contributed by atoms with Gasteiger partial charge in [-0.15, -0.1) is 12.4 Å². The first-order valence-corrected chi connectivity index (χ1v) is 2.73. The highest BCUT2D eigenvalue weighted by molar-refractivity contribution is 5.85. The van der Waals surface area contributed by atoms with Gasteiger partial charge in [0.2, 0.25) is 0 Å². The lowest BCUT2D eigenvalue weighted by Crippen LogP contribution is -2.40. The number of carbonyl (C=O) groups is 1. The minimum atomic E-state index is -1.64. The zero-order chi connectivity index (χ0) is 8.15. The van der Waals surface area contributed by atoms with Crippen LogP contribution in [0.1, 0.15) is 0 Å². The van der Waals surface area contributed by atoms with Crippen LogP contribution in [0, 0.1) is 0 Å². The molecule has 4 N–H and O–H groups in total. The van der Waals surface area contributed by atoms with Crippen LogP contribution in [-0.4, -0.2) is 51.6 Å². The molecule has 0 amide bonds. The second-order valence-corrected chi connectivity index (χ2v) is 1.87. The third-order valence-electron chi connectivity index (χ3n) is 1.07. The molecule has 0 aromatic heterocycles. The molecule has 68 valence electrons. The monoisotopic (exact) mass is 186 g/mol. The molecule has 0 rings (SSSR count). The van der Waals surface area contributed by atoms with Crippen LogP contribution in [0.25, 0.3) is 0 Å². The third kappa shape index (κ3) is 4.28. The predicted molar refractivity (Wildman–Crippen MR) is 38.4 cm³/mol. The first kappa shape index (κ1) is 13.4. The summed E-state index contributed by atoms with van der Waals surface area (Å²) >= 11 is 0. The van der Waals surface area contributed by atoms with Crippen molar-refractivity contribution in [1.82, 2.24) is 0 Å². The van der Waals surface area contributed by atoms with Gasteiger partial charge in [-0.3, -0.25) is 0 Å². The highest BCUT2D eigenvalue weighted by atomic mass is 35.5. The van der Waals surface area contributed by atoms with Crippen molar-refractivity contribution in [2.45, 2.75) is 18.3 Å². The number of aldehydes is 1. The molecule has 0 fully saturated rings.